The van der Waals surface area contributed by atoms with E-state index in [4.69, 9.17) is 21.2 Å². The molecular formula is C20H17ClN2O7S. The first-order valence-electron chi connectivity index (χ1n) is 9.39. The number of imide groups is 1. The van der Waals surface area contributed by atoms with Crippen molar-refractivity contribution in [1.29, 1.82) is 0 Å². The number of carbonyl (C=O) groups excluding carboxylic acids is 3. The van der Waals surface area contributed by atoms with E-state index in [9.17, 15) is 22.8 Å². The standard InChI is InChI=1S/C20H17ClN2O7S/c21-16-8-7-12(10-17(16)31(27,28)22-11-13-4-3-9-29-13)20(26)30-23-18(24)14-5-1-2-6-15(14)19(23)25/h1-2,5-8,10,13,22H,3-4,9,11H2. The molecule has 162 valence electrons. The third-order valence-corrected chi connectivity index (χ3v) is 6.82. The van der Waals surface area contributed by atoms with Crippen molar-refractivity contribution < 1.29 is 32.4 Å². The van der Waals surface area contributed by atoms with Crippen LogP contribution in [-0.4, -0.2) is 50.5 Å². The molecule has 9 nitrogen and oxygen atoms in total. The SMILES string of the molecule is O=C(ON1C(=O)c2ccccc2C1=O)c1ccc(Cl)c(S(=O)(=O)NCC2CCCO2)c1. The van der Waals surface area contributed by atoms with Crippen LogP contribution in [0.1, 0.15) is 43.9 Å². The molecule has 31 heavy (non-hydrogen) atoms. The molecule has 2 heterocycles. The van der Waals surface area contributed by atoms with Crippen LogP contribution in [0.15, 0.2) is 47.4 Å². The predicted molar refractivity (Wildman–Crippen MR) is 108 cm³/mol. The van der Waals surface area contributed by atoms with Gasteiger partial charge in [-0.1, -0.05) is 28.8 Å². The van der Waals surface area contributed by atoms with Crippen molar-refractivity contribution in [1.82, 2.24) is 9.79 Å². The molecule has 4 rings (SSSR count). The molecule has 2 aliphatic rings. The summed E-state index contributed by atoms with van der Waals surface area (Å²) in [4.78, 5) is 41.9. The minimum absolute atomic E-state index is 0.0718. The van der Waals surface area contributed by atoms with Crippen molar-refractivity contribution in [3.63, 3.8) is 0 Å². The van der Waals surface area contributed by atoms with E-state index in [-0.39, 0.29) is 39.3 Å². The molecule has 0 radical (unpaired) electrons. The summed E-state index contributed by atoms with van der Waals surface area (Å²) in [5, 5.41) is 0.253. The number of carbonyl (C=O) groups is 3. The summed E-state index contributed by atoms with van der Waals surface area (Å²) in [5.74, 6) is -2.65. The normalized spacial score (nSPS) is 18.4. The van der Waals surface area contributed by atoms with Gasteiger partial charge in [0.25, 0.3) is 11.8 Å². The molecule has 0 bridgehead atoms. The monoisotopic (exact) mass is 464 g/mol. The Kier molecular flexibility index (Phi) is 5.80. The molecule has 2 aromatic rings. The minimum Gasteiger partial charge on any atom is -0.377 e. The number of nitrogens with one attached hydrogen (secondary N) is 1. The van der Waals surface area contributed by atoms with E-state index in [0.29, 0.717) is 11.7 Å². The Balaban J connectivity index is 1.52. The first kappa shape index (κ1) is 21.4. The molecule has 2 amide bonds. The molecule has 2 aliphatic heterocycles. The number of sulfonamides is 1. The van der Waals surface area contributed by atoms with Crippen LogP contribution in [0, 0.1) is 0 Å². The highest BCUT2D eigenvalue weighted by Crippen LogP contribution is 2.26. The van der Waals surface area contributed by atoms with Gasteiger partial charge in [0, 0.05) is 13.2 Å². The van der Waals surface area contributed by atoms with Crippen LogP contribution in [0.25, 0.3) is 0 Å². The van der Waals surface area contributed by atoms with E-state index in [1.165, 1.54) is 24.3 Å². The first-order valence-corrected chi connectivity index (χ1v) is 11.2. The van der Waals surface area contributed by atoms with Crippen molar-refractivity contribution in [2.24, 2.45) is 0 Å². The molecule has 0 saturated carbocycles. The lowest BCUT2D eigenvalue weighted by Crippen LogP contribution is -2.33. The van der Waals surface area contributed by atoms with E-state index < -0.39 is 27.8 Å². The summed E-state index contributed by atoms with van der Waals surface area (Å²) >= 11 is 6.04. The lowest BCUT2D eigenvalue weighted by Gasteiger charge is -2.14. The molecule has 1 unspecified atom stereocenters. The van der Waals surface area contributed by atoms with Gasteiger partial charge in [0.15, 0.2) is 0 Å². The van der Waals surface area contributed by atoms with Gasteiger partial charge in [-0.3, -0.25) is 9.59 Å². The van der Waals surface area contributed by atoms with Crippen molar-refractivity contribution in [2.45, 2.75) is 23.8 Å². The van der Waals surface area contributed by atoms with Gasteiger partial charge >= 0.3 is 5.97 Å². The average molecular weight is 465 g/mol. The van der Waals surface area contributed by atoms with Gasteiger partial charge in [0.1, 0.15) is 4.90 Å². The Morgan fingerprint density at radius 1 is 1.16 bits per heavy atom. The molecule has 0 spiro atoms. The van der Waals surface area contributed by atoms with Crippen LogP contribution in [0.5, 0.6) is 0 Å². The van der Waals surface area contributed by atoms with E-state index in [0.717, 1.165) is 18.9 Å². The topological polar surface area (TPSA) is 119 Å². The van der Waals surface area contributed by atoms with Gasteiger partial charge < -0.3 is 9.57 Å². The second-order valence-corrected chi connectivity index (χ2v) is 9.10. The highest BCUT2D eigenvalue weighted by molar-refractivity contribution is 7.89. The Bertz CT molecular complexity index is 1140. The Labute approximate surface area is 182 Å². The van der Waals surface area contributed by atoms with Crippen LogP contribution >= 0.6 is 11.6 Å². The summed E-state index contributed by atoms with van der Waals surface area (Å²) < 4.78 is 33.1. The third-order valence-electron chi connectivity index (χ3n) is 4.91. The maximum absolute atomic E-state index is 12.7. The maximum atomic E-state index is 12.7. The second-order valence-electron chi connectivity index (χ2n) is 6.96. The number of amides is 2. The van der Waals surface area contributed by atoms with E-state index in [1.54, 1.807) is 12.1 Å². The molecule has 0 aliphatic carbocycles. The Hall–Kier alpha value is -2.79. The van der Waals surface area contributed by atoms with E-state index in [2.05, 4.69) is 4.72 Å². The van der Waals surface area contributed by atoms with Gasteiger partial charge in [0.05, 0.1) is 27.8 Å². The maximum Gasteiger partial charge on any atom is 0.363 e. The summed E-state index contributed by atoms with van der Waals surface area (Å²) in [6, 6.07) is 9.53. The molecule has 2 aromatic carbocycles. The molecule has 11 heteroatoms. The van der Waals surface area contributed by atoms with Crippen LogP contribution < -0.4 is 4.72 Å². The number of halogens is 1. The highest BCUT2D eigenvalue weighted by Gasteiger charge is 2.39. The number of nitrogens with zero attached hydrogens (tertiary/aromatic N) is 1. The quantitative estimate of drug-likeness (QED) is 0.650. The number of ether oxygens (including phenoxy) is 1. The molecule has 1 atom stereocenters. The van der Waals surface area contributed by atoms with E-state index >= 15 is 0 Å². The number of fused-ring (bicyclic) bond motifs is 1. The van der Waals surface area contributed by atoms with Gasteiger partial charge in [-0.15, -0.1) is 0 Å². The van der Waals surface area contributed by atoms with Crippen LogP contribution in [0.4, 0.5) is 0 Å². The fraction of sp³-hybridized carbons (Fsp3) is 0.250. The third kappa shape index (κ3) is 4.19. The van der Waals surface area contributed by atoms with Crippen molar-refractivity contribution in [2.75, 3.05) is 13.2 Å². The number of benzene rings is 2. The molecular weight excluding hydrogens is 448 g/mol. The van der Waals surface area contributed by atoms with Crippen LogP contribution in [0.2, 0.25) is 5.02 Å². The number of hydroxylamine groups is 2. The second kappa shape index (κ2) is 8.39. The summed E-state index contributed by atoms with van der Waals surface area (Å²) in [5.41, 5.74) is 0.0226. The summed E-state index contributed by atoms with van der Waals surface area (Å²) in [7, 11) is -4.04. The zero-order chi connectivity index (χ0) is 22.2. The molecule has 1 N–H and O–H groups in total. The smallest absolute Gasteiger partial charge is 0.363 e. The Morgan fingerprint density at radius 2 is 1.84 bits per heavy atom. The number of hydrogen-bond donors (Lipinski definition) is 1. The van der Waals surface area contributed by atoms with Crippen LogP contribution in [0.3, 0.4) is 0 Å². The Morgan fingerprint density at radius 3 is 2.45 bits per heavy atom. The predicted octanol–water partition coefficient (Wildman–Crippen LogP) is 2.17. The zero-order valence-corrected chi connectivity index (χ0v) is 17.6. The van der Waals surface area contributed by atoms with Crippen molar-refractivity contribution in [3.8, 4) is 0 Å². The van der Waals surface area contributed by atoms with Crippen molar-refractivity contribution in [3.05, 3.63) is 64.2 Å². The van der Waals surface area contributed by atoms with Gasteiger partial charge in [-0.05, 0) is 43.2 Å². The lowest BCUT2D eigenvalue weighted by molar-refractivity contribution is -0.0584. The zero-order valence-electron chi connectivity index (χ0n) is 16.0. The largest absolute Gasteiger partial charge is 0.377 e. The van der Waals surface area contributed by atoms with E-state index in [1.807, 2.05) is 0 Å². The van der Waals surface area contributed by atoms with Gasteiger partial charge in [-0.25, -0.2) is 17.9 Å². The van der Waals surface area contributed by atoms with Crippen LogP contribution in [-0.2, 0) is 19.6 Å². The van der Waals surface area contributed by atoms with Gasteiger partial charge in [-0.2, -0.15) is 0 Å². The summed E-state index contributed by atoms with van der Waals surface area (Å²) in [6.07, 6.45) is 1.37. The fourth-order valence-corrected chi connectivity index (χ4v) is 4.90. The highest BCUT2D eigenvalue weighted by atomic mass is 35.5. The molecule has 0 aromatic heterocycles. The number of rotatable bonds is 6. The summed E-state index contributed by atoms with van der Waals surface area (Å²) in [6.45, 7) is 0.647. The number of hydrogen-bond acceptors (Lipinski definition) is 7. The minimum atomic E-state index is -4.04. The first-order chi connectivity index (χ1) is 14.8. The molecule has 1 saturated heterocycles. The van der Waals surface area contributed by atoms with Crippen molar-refractivity contribution >= 4 is 39.4 Å². The lowest BCUT2D eigenvalue weighted by atomic mass is 10.1. The fourth-order valence-electron chi connectivity index (χ4n) is 3.31. The average Bonchev–Trinajstić information content (AvgIpc) is 3.36. The van der Waals surface area contributed by atoms with Gasteiger partial charge in [0.2, 0.25) is 10.0 Å². The molecule has 1 fully saturated rings.